The number of carbonyl (C=O) groups excluding carboxylic acids is 1. The standard InChI is InChI=1S/C25H32FN3O/c1-16-9-17(5-7-20(16)26)18-6-8-22-27-21(13-28(22)12-18)23(30)29-15-25(4)11-19(29)10-24(2,3)14-25/h5,7,9,13,18-19H,6,8,10-12,14-15H2,1-4H3. The van der Waals surface area contributed by atoms with Crippen molar-refractivity contribution >= 4 is 5.91 Å². The Morgan fingerprint density at radius 1 is 1.23 bits per heavy atom. The molecule has 0 N–H and O–H groups in total. The maximum Gasteiger partial charge on any atom is 0.274 e. The second-order valence-corrected chi connectivity index (χ2v) is 11.1. The monoisotopic (exact) mass is 409 g/mol. The van der Waals surface area contributed by atoms with E-state index in [1.165, 1.54) is 12.0 Å². The van der Waals surface area contributed by atoms with Gasteiger partial charge in [-0.15, -0.1) is 0 Å². The number of halogens is 1. The van der Waals surface area contributed by atoms with Gasteiger partial charge in [-0.2, -0.15) is 0 Å². The van der Waals surface area contributed by atoms with Gasteiger partial charge in [0.1, 0.15) is 17.3 Å². The zero-order valence-corrected chi connectivity index (χ0v) is 18.5. The van der Waals surface area contributed by atoms with Crippen LogP contribution in [0.4, 0.5) is 4.39 Å². The first-order chi connectivity index (χ1) is 14.1. The third-order valence-corrected chi connectivity index (χ3v) is 7.54. The van der Waals surface area contributed by atoms with Crippen LogP contribution in [0, 0.1) is 23.6 Å². The predicted octanol–water partition coefficient (Wildman–Crippen LogP) is 5.10. The van der Waals surface area contributed by atoms with E-state index in [0.29, 0.717) is 28.6 Å². The van der Waals surface area contributed by atoms with E-state index in [9.17, 15) is 9.18 Å². The number of aromatic nitrogens is 2. The number of benzene rings is 1. The van der Waals surface area contributed by atoms with E-state index in [1.807, 2.05) is 25.3 Å². The largest absolute Gasteiger partial charge is 0.334 e. The highest BCUT2D eigenvalue weighted by Crippen LogP contribution is 2.52. The molecule has 30 heavy (non-hydrogen) atoms. The zero-order chi connectivity index (χ0) is 21.3. The Morgan fingerprint density at radius 3 is 2.80 bits per heavy atom. The molecule has 0 radical (unpaired) electrons. The number of rotatable bonds is 2. The van der Waals surface area contributed by atoms with Crippen molar-refractivity contribution in [3.8, 4) is 0 Å². The summed E-state index contributed by atoms with van der Waals surface area (Å²) in [4.78, 5) is 20.2. The molecule has 1 saturated heterocycles. The van der Waals surface area contributed by atoms with Crippen molar-refractivity contribution in [1.82, 2.24) is 14.5 Å². The van der Waals surface area contributed by atoms with Gasteiger partial charge in [0, 0.05) is 37.7 Å². The van der Waals surface area contributed by atoms with Crippen LogP contribution in [0.5, 0.6) is 0 Å². The summed E-state index contributed by atoms with van der Waals surface area (Å²) in [5.74, 6) is 1.28. The molecule has 5 heteroatoms. The molecule has 1 saturated carbocycles. The lowest BCUT2D eigenvalue weighted by Crippen LogP contribution is -2.37. The van der Waals surface area contributed by atoms with Gasteiger partial charge in [0.2, 0.25) is 0 Å². The summed E-state index contributed by atoms with van der Waals surface area (Å²) in [5, 5.41) is 0. The lowest BCUT2D eigenvalue weighted by molar-refractivity contribution is 0.0702. The summed E-state index contributed by atoms with van der Waals surface area (Å²) in [5.41, 5.74) is 2.98. The molecule has 2 aliphatic heterocycles. The zero-order valence-electron chi connectivity index (χ0n) is 18.5. The van der Waals surface area contributed by atoms with Crippen LogP contribution in [0.15, 0.2) is 24.4 Å². The SMILES string of the molecule is Cc1cc(C2CCc3nc(C(=O)N4CC5(C)CC4CC(C)(C)C5)cn3C2)ccc1F. The smallest absolute Gasteiger partial charge is 0.274 e. The highest BCUT2D eigenvalue weighted by molar-refractivity contribution is 5.92. The molecule has 3 heterocycles. The lowest BCUT2D eigenvalue weighted by atomic mass is 9.65. The van der Waals surface area contributed by atoms with Crippen LogP contribution >= 0.6 is 0 Å². The number of likely N-dealkylation sites (tertiary alicyclic amines) is 1. The van der Waals surface area contributed by atoms with E-state index in [2.05, 4.69) is 30.2 Å². The molecule has 2 aromatic rings. The maximum absolute atomic E-state index is 13.7. The van der Waals surface area contributed by atoms with Crippen LogP contribution < -0.4 is 0 Å². The third kappa shape index (κ3) is 3.36. The summed E-state index contributed by atoms with van der Waals surface area (Å²) in [6.45, 7) is 10.5. The Bertz CT molecular complexity index is 1010. The molecule has 0 spiro atoms. The fraction of sp³-hybridized carbons (Fsp3) is 0.600. The summed E-state index contributed by atoms with van der Waals surface area (Å²) in [6, 6.07) is 5.76. The van der Waals surface area contributed by atoms with Crippen molar-refractivity contribution in [2.24, 2.45) is 10.8 Å². The minimum absolute atomic E-state index is 0.0949. The highest BCUT2D eigenvalue weighted by Gasteiger charge is 2.51. The Kier molecular flexibility index (Phi) is 4.39. The Hall–Kier alpha value is -2.17. The van der Waals surface area contributed by atoms with Gasteiger partial charge in [0.15, 0.2) is 0 Å². The number of imidazole rings is 1. The number of amides is 1. The number of hydrogen-bond donors (Lipinski definition) is 0. The van der Waals surface area contributed by atoms with E-state index in [-0.39, 0.29) is 17.1 Å². The minimum Gasteiger partial charge on any atom is -0.334 e. The second-order valence-electron chi connectivity index (χ2n) is 11.1. The van der Waals surface area contributed by atoms with E-state index >= 15 is 0 Å². The van der Waals surface area contributed by atoms with Crippen molar-refractivity contribution in [1.29, 1.82) is 0 Å². The van der Waals surface area contributed by atoms with Gasteiger partial charge in [0.05, 0.1) is 0 Å². The van der Waals surface area contributed by atoms with E-state index < -0.39 is 0 Å². The molecule has 5 rings (SSSR count). The van der Waals surface area contributed by atoms with Gasteiger partial charge < -0.3 is 9.47 Å². The van der Waals surface area contributed by atoms with Crippen LogP contribution in [0.2, 0.25) is 0 Å². The summed E-state index contributed by atoms with van der Waals surface area (Å²) in [7, 11) is 0. The number of fused-ring (bicyclic) bond motifs is 3. The molecule has 1 aliphatic carbocycles. The second kappa shape index (κ2) is 6.66. The number of carbonyl (C=O) groups is 1. The Balaban J connectivity index is 1.36. The van der Waals surface area contributed by atoms with Crippen LogP contribution in [-0.2, 0) is 13.0 Å². The predicted molar refractivity (Wildman–Crippen MR) is 115 cm³/mol. The van der Waals surface area contributed by atoms with Gasteiger partial charge in [-0.1, -0.05) is 32.9 Å². The molecule has 3 aliphatic rings. The van der Waals surface area contributed by atoms with Crippen molar-refractivity contribution in [2.45, 2.75) is 78.3 Å². The summed E-state index contributed by atoms with van der Waals surface area (Å²) in [6.07, 6.45) is 7.15. The lowest BCUT2D eigenvalue weighted by Gasteiger charge is -2.39. The van der Waals surface area contributed by atoms with Crippen LogP contribution in [0.1, 0.15) is 79.8 Å². The number of nitrogens with zero attached hydrogens (tertiary/aromatic N) is 3. The molecule has 1 aromatic heterocycles. The highest BCUT2D eigenvalue weighted by atomic mass is 19.1. The molecule has 4 nitrogen and oxygen atoms in total. The van der Waals surface area contributed by atoms with E-state index in [4.69, 9.17) is 4.98 Å². The fourth-order valence-corrected chi connectivity index (χ4v) is 6.59. The summed E-state index contributed by atoms with van der Waals surface area (Å²) < 4.78 is 15.8. The third-order valence-electron chi connectivity index (χ3n) is 7.54. The number of hydrogen-bond acceptors (Lipinski definition) is 2. The van der Waals surface area contributed by atoms with Crippen molar-refractivity contribution in [3.05, 3.63) is 52.9 Å². The Labute approximate surface area is 178 Å². The number of aryl methyl sites for hydroxylation is 2. The fourth-order valence-electron chi connectivity index (χ4n) is 6.59. The first-order valence-electron chi connectivity index (χ1n) is 11.3. The van der Waals surface area contributed by atoms with Crippen LogP contribution in [0.25, 0.3) is 0 Å². The van der Waals surface area contributed by atoms with Crippen LogP contribution in [-0.4, -0.2) is 32.9 Å². The van der Waals surface area contributed by atoms with Crippen molar-refractivity contribution < 1.29 is 9.18 Å². The average molecular weight is 410 g/mol. The molecular formula is C25H32FN3O. The van der Waals surface area contributed by atoms with Crippen LogP contribution in [0.3, 0.4) is 0 Å². The maximum atomic E-state index is 13.7. The van der Waals surface area contributed by atoms with Crippen molar-refractivity contribution in [3.63, 3.8) is 0 Å². The molecule has 160 valence electrons. The molecule has 3 unspecified atom stereocenters. The summed E-state index contributed by atoms with van der Waals surface area (Å²) >= 11 is 0. The van der Waals surface area contributed by atoms with Crippen molar-refractivity contribution in [2.75, 3.05) is 6.54 Å². The molecule has 2 fully saturated rings. The van der Waals surface area contributed by atoms with Gasteiger partial charge in [-0.25, -0.2) is 9.37 Å². The molecular weight excluding hydrogens is 377 g/mol. The normalized spacial score (nSPS) is 29.7. The average Bonchev–Trinajstić information content (AvgIpc) is 3.20. The molecule has 1 aromatic carbocycles. The minimum atomic E-state index is -0.154. The van der Waals surface area contributed by atoms with E-state index in [1.54, 1.807) is 6.07 Å². The van der Waals surface area contributed by atoms with E-state index in [0.717, 1.165) is 44.6 Å². The quantitative estimate of drug-likeness (QED) is 0.692. The molecule has 1 amide bonds. The molecule has 2 bridgehead atoms. The molecule has 3 atom stereocenters. The van der Waals surface area contributed by atoms with Gasteiger partial charge in [-0.3, -0.25) is 4.79 Å². The van der Waals surface area contributed by atoms with Gasteiger partial charge >= 0.3 is 0 Å². The first kappa shape index (κ1) is 19.8. The Morgan fingerprint density at radius 2 is 2.03 bits per heavy atom. The first-order valence-corrected chi connectivity index (χ1v) is 11.3. The van der Waals surface area contributed by atoms with Gasteiger partial charge in [-0.05, 0) is 60.6 Å². The van der Waals surface area contributed by atoms with Gasteiger partial charge in [0.25, 0.3) is 5.91 Å². The topological polar surface area (TPSA) is 38.1 Å².